The Kier molecular flexibility index (Phi) is 6.06. The number of rotatable bonds is 8. The Labute approximate surface area is 178 Å². The van der Waals surface area contributed by atoms with Gasteiger partial charge in [0.05, 0.1) is 16.8 Å². The lowest BCUT2D eigenvalue weighted by atomic mass is 10.1. The zero-order valence-corrected chi connectivity index (χ0v) is 18.3. The van der Waals surface area contributed by atoms with Crippen molar-refractivity contribution in [3.8, 4) is 5.69 Å². The van der Waals surface area contributed by atoms with Crippen molar-refractivity contribution in [2.75, 3.05) is 12.3 Å². The standard InChI is InChI=1S/C22H25N3O2S2/c1-14(2)10-11-23-18(26)13-29-22-24-20-19(17(12-28-20)15-8-9-15)21(27)25(22)16-6-4-3-5-7-16/h3-7,12,14-15H,8-11,13H2,1-2H3,(H,23,26). The molecule has 152 valence electrons. The molecule has 1 aliphatic carbocycles. The Hall–Kier alpha value is -2.12. The van der Waals surface area contributed by atoms with Gasteiger partial charge >= 0.3 is 0 Å². The molecule has 0 radical (unpaired) electrons. The summed E-state index contributed by atoms with van der Waals surface area (Å²) in [6.45, 7) is 4.94. The third kappa shape index (κ3) is 4.56. The van der Waals surface area contributed by atoms with Crippen LogP contribution in [0.4, 0.5) is 0 Å². The number of hydrogen-bond donors (Lipinski definition) is 1. The molecule has 4 rings (SSSR count). The number of hydrogen-bond acceptors (Lipinski definition) is 5. The number of carbonyl (C=O) groups is 1. The summed E-state index contributed by atoms with van der Waals surface area (Å²) in [4.78, 5) is 31.3. The van der Waals surface area contributed by atoms with E-state index in [1.165, 1.54) is 23.1 Å². The number of amides is 1. The Morgan fingerprint density at radius 2 is 2.07 bits per heavy atom. The molecule has 1 fully saturated rings. The van der Waals surface area contributed by atoms with Gasteiger partial charge < -0.3 is 5.32 Å². The lowest BCUT2D eigenvalue weighted by Crippen LogP contribution is -2.28. The number of thioether (sulfide) groups is 1. The van der Waals surface area contributed by atoms with Crippen molar-refractivity contribution in [3.63, 3.8) is 0 Å². The number of nitrogens with one attached hydrogen (secondary N) is 1. The Bertz CT molecular complexity index is 1070. The monoisotopic (exact) mass is 427 g/mol. The normalized spacial score (nSPS) is 13.9. The number of carbonyl (C=O) groups excluding carboxylic acids is 1. The van der Waals surface area contributed by atoms with E-state index >= 15 is 0 Å². The van der Waals surface area contributed by atoms with Gasteiger partial charge in [0.2, 0.25) is 5.91 Å². The summed E-state index contributed by atoms with van der Waals surface area (Å²) in [5.41, 5.74) is 1.88. The Balaban J connectivity index is 1.65. The molecule has 0 bridgehead atoms. The van der Waals surface area contributed by atoms with Crippen LogP contribution in [-0.2, 0) is 4.79 Å². The second kappa shape index (κ2) is 8.71. The van der Waals surface area contributed by atoms with Gasteiger partial charge in [-0.15, -0.1) is 11.3 Å². The first-order valence-corrected chi connectivity index (χ1v) is 11.9. The van der Waals surface area contributed by atoms with Crippen LogP contribution in [0.15, 0.2) is 45.7 Å². The summed E-state index contributed by atoms with van der Waals surface area (Å²) in [5, 5.41) is 6.34. The summed E-state index contributed by atoms with van der Waals surface area (Å²) >= 11 is 2.85. The summed E-state index contributed by atoms with van der Waals surface area (Å²) in [5.74, 6) is 1.25. The molecule has 1 saturated carbocycles. The molecule has 0 unspecified atom stereocenters. The highest BCUT2D eigenvalue weighted by Crippen LogP contribution is 2.44. The minimum Gasteiger partial charge on any atom is -0.355 e. The van der Waals surface area contributed by atoms with Gasteiger partial charge in [0.1, 0.15) is 4.83 Å². The van der Waals surface area contributed by atoms with Crippen LogP contribution >= 0.6 is 23.1 Å². The molecule has 7 heteroatoms. The van der Waals surface area contributed by atoms with E-state index < -0.39 is 0 Å². The van der Waals surface area contributed by atoms with E-state index in [1.807, 2.05) is 30.3 Å². The molecule has 29 heavy (non-hydrogen) atoms. The smallest absolute Gasteiger partial charge is 0.267 e. The van der Waals surface area contributed by atoms with Gasteiger partial charge in [0.15, 0.2) is 5.16 Å². The zero-order valence-electron chi connectivity index (χ0n) is 16.7. The molecule has 1 N–H and O–H groups in total. The predicted octanol–water partition coefficient (Wildman–Crippen LogP) is 4.58. The molecule has 5 nitrogen and oxygen atoms in total. The van der Waals surface area contributed by atoms with Crippen molar-refractivity contribution >= 4 is 39.2 Å². The summed E-state index contributed by atoms with van der Waals surface area (Å²) in [6.07, 6.45) is 3.24. The van der Waals surface area contributed by atoms with Crippen LogP contribution in [0.2, 0.25) is 0 Å². The summed E-state index contributed by atoms with van der Waals surface area (Å²) in [6, 6.07) is 9.56. The average molecular weight is 428 g/mol. The Morgan fingerprint density at radius 3 is 2.76 bits per heavy atom. The van der Waals surface area contributed by atoms with Crippen molar-refractivity contribution in [2.45, 2.75) is 44.2 Å². The van der Waals surface area contributed by atoms with Crippen LogP contribution in [0, 0.1) is 5.92 Å². The number of thiophene rings is 1. The lowest BCUT2D eigenvalue weighted by molar-refractivity contribution is -0.118. The third-order valence-electron chi connectivity index (χ3n) is 5.01. The first-order valence-electron chi connectivity index (χ1n) is 10.0. The fourth-order valence-corrected chi connectivity index (χ4v) is 5.18. The van der Waals surface area contributed by atoms with E-state index in [9.17, 15) is 9.59 Å². The maximum absolute atomic E-state index is 13.5. The van der Waals surface area contributed by atoms with Gasteiger partial charge in [0.25, 0.3) is 5.56 Å². The van der Waals surface area contributed by atoms with Gasteiger partial charge in [-0.25, -0.2) is 4.98 Å². The second-order valence-corrected chi connectivity index (χ2v) is 9.64. The number of benzene rings is 1. The highest BCUT2D eigenvalue weighted by molar-refractivity contribution is 7.99. The van der Waals surface area contributed by atoms with E-state index in [1.54, 1.807) is 4.57 Å². The van der Waals surface area contributed by atoms with Crippen LogP contribution in [0.1, 0.15) is 44.6 Å². The van der Waals surface area contributed by atoms with E-state index in [0.717, 1.165) is 40.7 Å². The third-order valence-corrected chi connectivity index (χ3v) is 6.84. The lowest BCUT2D eigenvalue weighted by Gasteiger charge is -2.13. The molecule has 0 atom stereocenters. The highest BCUT2D eigenvalue weighted by Gasteiger charge is 2.29. The zero-order chi connectivity index (χ0) is 20.4. The van der Waals surface area contributed by atoms with Gasteiger partial charge in [-0.2, -0.15) is 0 Å². The van der Waals surface area contributed by atoms with Crippen molar-refractivity contribution in [1.82, 2.24) is 14.9 Å². The number of nitrogens with zero attached hydrogens (tertiary/aromatic N) is 2. The SMILES string of the molecule is CC(C)CCNC(=O)CSc1nc2scc(C3CC3)c2c(=O)n1-c1ccccc1. The molecular formula is C22H25N3O2S2. The van der Waals surface area contributed by atoms with Crippen molar-refractivity contribution in [2.24, 2.45) is 5.92 Å². The van der Waals surface area contributed by atoms with E-state index in [-0.39, 0.29) is 17.2 Å². The highest BCUT2D eigenvalue weighted by atomic mass is 32.2. The maximum atomic E-state index is 13.5. The molecule has 1 aliphatic rings. The second-order valence-electron chi connectivity index (χ2n) is 7.84. The van der Waals surface area contributed by atoms with Gasteiger partial charge in [-0.05, 0) is 54.2 Å². The summed E-state index contributed by atoms with van der Waals surface area (Å²) in [7, 11) is 0. The maximum Gasteiger partial charge on any atom is 0.267 e. The molecular weight excluding hydrogens is 402 g/mol. The van der Waals surface area contributed by atoms with E-state index in [2.05, 4.69) is 24.5 Å². The first kappa shape index (κ1) is 20.2. The molecule has 3 aromatic rings. The average Bonchev–Trinajstić information content (AvgIpc) is 3.46. The van der Waals surface area contributed by atoms with Crippen LogP contribution in [0.3, 0.4) is 0 Å². The Morgan fingerprint density at radius 1 is 1.31 bits per heavy atom. The van der Waals surface area contributed by atoms with Crippen molar-refractivity contribution < 1.29 is 4.79 Å². The molecule has 2 heterocycles. The van der Waals surface area contributed by atoms with Crippen molar-refractivity contribution in [3.05, 3.63) is 51.6 Å². The fraction of sp³-hybridized carbons (Fsp3) is 0.409. The molecule has 0 saturated heterocycles. The van der Waals surface area contributed by atoms with Gasteiger partial charge in [-0.3, -0.25) is 14.2 Å². The predicted molar refractivity (Wildman–Crippen MR) is 120 cm³/mol. The number of fused-ring (bicyclic) bond motifs is 1. The fourth-order valence-electron chi connectivity index (χ4n) is 3.27. The van der Waals surface area contributed by atoms with E-state index in [0.29, 0.717) is 23.5 Å². The molecule has 1 aromatic carbocycles. The quantitative estimate of drug-likeness (QED) is 0.422. The number of aromatic nitrogens is 2. The minimum absolute atomic E-state index is 0.0329. The van der Waals surface area contributed by atoms with Crippen LogP contribution in [-0.4, -0.2) is 27.8 Å². The molecule has 0 aliphatic heterocycles. The largest absolute Gasteiger partial charge is 0.355 e. The minimum atomic E-state index is -0.0351. The van der Waals surface area contributed by atoms with Crippen molar-refractivity contribution in [1.29, 1.82) is 0 Å². The summed E-state index contributed by atoms with van der Waals surface area (Å²) < 4.78 is 1.66. The van der Waals surface area contributed by atoms with Gasteiger partial charge in [0, 0.05) is 6.54 Å². The topological polar surface area (TPSA) is 64.0 Å². The van der Waals surface area contributed by atoms with Crippen LogP contribution < -0.4 is 10.9 Å². The molecule has 0 spiro atoms. The number of para-hydroxylation sites is 1. The van der Waals surface area contributed by atoms with Crippen LogP contribution in [0.25, 0.3) is 15.9 Å². The van der Waals surface area contributed by atoms with Crippen LogP contribution in [0.5, 0.6) is 0 Å². The molecule has 2 aromatic heterocycles. The first-order chi connectivity index (χ1) is 14.0. The molecule has 1 amide bonds. The van der Waals surface area contributed by atoms with E-state index in [4.69, 9.17) is 4.98 Å². The van der Waals surface area contributed by atoms with Gasteiger partial charge in [-0.1, -0.05) is 43.8 Å².